The zero-order valence-corrected chi connectivity index (χ0v) is 12.2. The van der Waals surface area contributed by atoms with E-state index in [1.807, 2.05) is 6.07 Å². The van der Waals surface area contributed by atoms with Crippen LogP contribution in [0.1, 0.15) is 32.3 Å². The van der Waals surface area contributed by atoms with Crippen LogP contribution in [-0.4, -0.2) is 36.6 Å². The maximum absolute atomic E-state index is 13.1. The Balaban J connectivity index is 1.85. The number of benzene rings is 1. The van der Waals surface area contributed by atoms with Crippen LogP contribution in [0.3, 0.4) is 0 Å². The van der Waals surface area contributed by atoms with Crippen LogP contribution in [0.5, 0.6) is 0 Å². The summed E-state index contributed by atoms with van der Waals surface area (Å²) < 4.78 is 13.1. The molecule has 1 saturated heterocycles. The summed E-state index contributed by atoms with van der Waals surface area (Å²) in [5.41, 5.74) is 1.32. The first-order valence-corrected chi connectivity index (χ1v) is 7.16. The quantitative estimate of drug-likeness (QED) is 0.899. The first-order valence-electron chi connectivity index (χ1n) is 7.16. The molecule has 1 aromatic carbocycles. The van der Waals surface area contributed by atoms with Gasteiger partial charge in [0.2, 0.25) is 0 Å². The van der Waals surface area contributed by atoms with Gasteiger partial charge in [0.05, 0.1) is 0 Å². The van der Waals surface area contributed by atoms with Gasteiger partial charge >= 0.3 is 0 Å². The average Bonchev–Trinajstić information content (AvgIpc) is 2.35. The van der Waals surface area contributed by atoms with E-state index >= 15 is 0 Å². The fourth-order valence-electron chi connectivity index (χ4n) is 2.90. The molecule has 3 heteroatoms. The number of nitrogens with zero attached hydrogens (tertiary/aromatic N) is 1. The Morgan fingerprint density at radius 3 is 2.89 bits per heavy atom. The maximum Gasteiger partial charge on any atom is 0.123 e. The fourth-order valence-corrected chi connectivity index (χ4v) is 2.90. The van der Waals surface area contributed by atoms with Crippen LogP contribution in [0.25, 0.3) is 0 Å². The summed E-state index contributed by atoms with van der Waals surface area (Å²) in [5, 5.41) is 3.55. The van der Waals surface area contributed by atoms with Gasteiger partial charge in [-0.25, -0.2) is 4.39 Å². The summed E-state index contributed by atoms with van der Waals surface area (Å²) in [6.07, 6.45) is 3.29. The van der Waals surface area contributed by atoms with E-state index in [4.69, 9.17) is 0 Å². The molecule has 1 aliphatic rings. The minimum Gasteiger partial charge on any atom is -0.312 e. The lowest BCUT2D eigenvalue weighted by atomic mass is 9.88. The van der Waals surface area contributed by atoms with Crippen molar-refractivity contribution >= 4 is 0 Å². The van der Waals surface area contributed by atoms with E-state index in [0.29, 0.717) is 6.04 Å². The lowest BCUT2D eigenvalue weighted by Crippen LogP contribution is -2.52. The van der Waals surface area contributed by atoms with Crippen LogP contribution in [0.2, 0.25) is 0 Å². The molecule has 0 spiro atoms. The number of rotatable bonds is 4. The summed E-state index contributed by atoms with van der Waals surface area (Å²) in [5.74, 6) is -0.136. The van der Waals surface area contributed by atoms with Gasteiger partial charge in [0.15, 0.2) is 0 Å². The van der Waals surface area contributed by atoms with Gasteiger partial charge in [0.25, 0.3) is 0 Å². The van der Waals surface area contributed by atoms with Crippen molar-refractivity contribution < 1.29 is 4.39 Å². The lowest BCUT2D eigenvalue weighted by Gasteiger charge is -2.40. The molecule has 106 valence electrons. The SMILES string of the molecule is CN(CCc1cccc(F)c1)C1CCNC(C)(C)C1. The Morgan fingerprint density at radius 2 is 2.21 bits per heavy atom. The first-order chi connectivity index (χ1) is 8.96. The molecule has 19 heavy (non-hydrogen) atoms. The molecule has 1 fully saturated rings. The summed E-state index contributed by atoms with van der Waals surface area (Å²) in [4.78, 5) is 2.42. The van der Waals surface area contributed by atoms with E-state index < -0.39 is 0 Å². The smallest absolute Gasteiger partial charge is 0.123 e. The van der Waals surface area contributed by atoms with Crippen molar-refractivity contribution in [2.24, 2.45) is 0 Å². The molecule has 1 unspecified atom stereocenters. The second-order valence-electron chi connectivity index (χ2n) is 6.32. The Bertz CT molecular complexity index is 417. The second kappa shape index (κ2) is 6.02. The largest absolute Gasteiger partial charge is 0.312 e. The summed E-state index contributed by atoms with van der Waals surface area (Å²) >= 11 is 0. The highest BCUT2D eigenvalue weighted by molar-refractivity contribution is 5.16. The van der Waals surface area contributed by atoms with E-state index in [9.17, 15) is 4.39 Å². The van der Waals surface area contributed by atoms with Crippen molar-refractivity contribution in [3.63, 3.8) is 0 Å². The van der Waals surface area contributed by atoms with E-state index in [0.717, 1.165) is 25.1 Å². The minimum absolute atomic E-state index is 0.136. The van der Waals surface area contributed by atoms with Crippen LogP contribution in [0.4, 0.5) is 4.39 Å². The predicted molar refractivity (Wildman–Crippen MR) is 77.8 cm³/mol. The van der Waals surface area contributed by atoms with Crippen LogP contribution in [-0.2, 0) is 6.42 Å². The Labute approximate surface area is 116 Å². The number of halogens is 1. The van der Waals surface area contributed by atoms with Gasteiger partial charge in [0, 0.05) is 18.1 Å². The molecule has 2 nitrogen and oxygen atoms in total. The molecular weight excluding hydrogens is 239 g/mol. The van der Waals surface area contributed by atoms with Crippen molar-refractivity contribution in [3.05, 3.63) is 35.6 Å². The van der Waals surface area contributed by atoms with Gasteiger partial charge in [0.1, 0.15) is 5.82 Å². The number of nitrogens with one attached hydrogen (secondary N) is 1. The van der Waals surface area contributed by atoms with Gasteiger partial charge < -0.3 is 10.2 Å². The number of likely N-dealkylation sites (N-methyl/N-ethyl adjacent to an activating group) is 1. The van der Waals surface area contributed by atoms with Gasteiger partial charge in [-0.1, -0.05) is 12.1 Å². The Hall–Kier alpha value is -0.930. The molecular formula is C16H25FN2. The van der Waals surface area contributed by atoms with Crippen molar-refractivity contribution in [3.8, 4) is 0 Å². The van der Waals surface area contributed by atoms with E-state index in [2.05, 4.69) is 31.1 Å². The van der Waals surface area contributed by atoms with E-state index in [1.54, 1.807) is 12.1 Å². The highest BCUT2D eigenvalue weighted by atomic mass is 19.1. The Morgan fingerprint density at radius 1 is 1.42 bits per heavy atom. The molecule has 1 N–H and O–H groups in total. The number of hydrogen-bond acceptors (Lipinski definition) is 2. The van der Waals surface area contributed by atoms with Gasteiger partial charge in [-0.3, -0.25) is 0 Å². The van der Waals surface area contributed by atoms with Gasteiger partial charge in [-0.15, -0.1) is 0 Å². The van der Waals surface area contributed by atoms with Gasteiger partial charge in [-0.2, -0.15) is 0 Å². The minimum atomic E-state index is -0.136. The third-order valence-corrected chi connectivity index (χ3v) is 4.09. The van der Waals surface area contributed by atoms with Crippen molar-refractivity contribution in [1.82, 2.24) is 10.2 Å². The van der Waals surface area contributed by atoms with Crippen molar-refractivity contribution in [1.29, 1.82) is 0 Å². The highest BCUT2D eigenvalue weighted by Gasteiger charge is 2.29. The average molecular weight is 264 g/mol. The van der Waals surface area contributed by atoms with Crippen LogP contribution >= 0.6 is 0 Å². The standard InChI is InChI=1S/C16H25FN2/c1-16(2)12-15(7-9-18-16)19(3)10-8-13-5-4-6-14(17)11-13/h4-6,11,15,18H,7-10,12H2,1-3H3. The molecule has 1 atom stereocenters. The summed E-state index contributed by atoms with van der Waals surface area (Å²) in [6.45, 7) is 6.60. The second-order valence-corrected chi connectivity index (χ2v) is 6.32. The predicted octanol–water partition coefficient (Wildman–Crippen LogP) is 2.83. The Kier molecular flexibility index (Phi) is 4.58. The van der Waals surface area contributed by atoms with Crippen molar-refractivity contribution in [2.45, 2.75) is 44.7 Å². The highest BCUT2D eigenvalue weighted by Crippen LogP contribution is 2.22. The number of hydrogen-bond donors (Lipinski definition) is 1. The molecule has 2 rings (SSSR count). The van der Waals surface area contributed by atoms with Crippen LogP contribution < -0.4 is 5.32 Å². The third-order valence-electron chi connectivity index (χ3n) is 4.09. The molecule has 0 saturated carbocycles. The van der Waals surface area contributed by atoms with Gasteiger partial charge in [-0.05, 0) is 64.4 Å². The third kappa shape index (κ3) is 4.29. The molecule has 0 radical (unpaired) electrons. The maximum atomic E-state index is 13.1. The molecule has 1 aliphatic heterocycles. The monoisotopic (exact) mass is 264 g/mol. The topological polar surface area (TPSA) is 15.3 Å². The summed E-state index contributed by atoms with van der Waals surface area (Å²) in [7, 11) is 2.19. The van der Waals surface area contributed by atoms with Crippen LogP contribution in [0.15, 0.2) is 24.3 Å². The first kappa shape index (κ1) is 14.5. The normalized spacial score (nSPS) is 22.7. The molecule has 0 aromatic heterocycles. The molecule has 1 aromatic rings. The molecule has 1 heterocycles. The van der Waals surface area contributed by atoms with E-state index in [1.165, 1.54) is 18.9 Å². The zero-order chi connectivity index (χ0) is 13.9. The fraction of sp³-hybridized carbons (Fsp3) is 0.625. The van der Waals surface area contributed by atoms with Crippen LogP contribution in [0, 0.1) is 5.82 Å². The zero-order valence-electron chi connectivity index (χ0n) is 12.2. The van der Waals surface area contributed by atoms with Crippen molar-refractivity contribution in [2.75, 3.05) is 20.1 Å². The molecule has 0 aliphatic carbocycles. The molecule has 0 bridgehead atoms. The van der Waals surface area contributed by atoms with E-state index in [-0.39, 0.29) is 11.4 Å². The molecule has 0 amide bonds. The number of piperidine rings is 1. The summed E-state index contributed by atoms with van der Waals surface area (Å²) in [6, 6.07) is 7.56. The lowest BCUT2D eigenvalue weighted by molar-refractivity contribution is 0.145.